The minimum Gasteiger partial charge on any atom is -0.379 e. The van der Waals surface area contributed by atoms with Crippen molar-refractivity contribution in [2.75, 3.05) is 42.5 Å². The number of nitrogens with one attached hydrogen (secondary N) is 1. The molecule has 9 nitrogen and oxygen atoms in total. The number of halogens is 1. The average Bonchev–Trinajstić information content (AvgIpc) is 2.89. The predicted molar refractivity (Wildman–Crippen MR) is 132 cm³/mol. The first-order valence-corrected chi connectivity index (χ1v) is 13.9. The van der Waals surface area contributed by atoms with Gasteiger partial charge in [-0.25, -0.2) is 21.2 Å². The maximum Gasteiger partial charge on any atom is 0.264 e. The van der Waals surface area contributed by atoms with E-state index in [1.165, 1.54) is 52.8 Å². The Labute approximate surface area is 209 Å². The molecule has 1 amide bonds. The summed E-state index contributed by atoms with van der Waals surface area (Å²) in [7, 11) is -7.83. The van der Waals surface area contributed by atoms with E-state index < -0.39 is 38.3 Å². The standard InChI is InChI=1S/C24H24FN3O6S2/c25-19-6-10-21(11-7-19)28(36(32,33)22-4-2-1-3-5-22)18-24(29)26-20-8-12-23(13-9-20)35(30,31)27-14-16-34-17-15-27/h1-13H,14-18H2,(H,26,29). The summed E-state index contributed by atoms with van der Waals surface area (Å²) in [6, 6.07) is 17.9. The normalized spacial score (nSPS) is 14.8. The second-order valence-electron chi connectivity index (χ2n) is 7.89. The highest BCUT2D eigenvalue weighted by molar-refractivity contribution is 7.92. The van der Waals surface area contributed by atoms with Crippen LogP contribution in [0, 0.1) is 5.82 Å². The number of hydrogen-bond acceptors (Lipinski definition) is 6. The van der Waals surface area contributed by atoms with E-state index in [-0.39, 0.29) is 34.3 Å². The van der Waals surface area contributed by atoms with Crippen molar-refractivity contribution in [2.45, 2.75) is 9.79 Å². The van der Waals surface area contributed by atoms with Gasteiger partial charge >= 0.3 is 0 Å². The van der Waals surface area contributed by atoms with Crippen molar-refractivity contribution in [1.29, 1.82) is 0 Å². The Bertz CT molecular complexity index is 1410. The molecule has 0 atom stereocenters. The van der Waals surface area contributed by atoms with Gasteiger partial charge in [-0.3, -0.25) is 9.10 Å². The Morgan fingerprint density at radius 1 is 0.861 bits per heavy atom. The average molecular weight is 534 g/mol. The number of carbonyl (C=O) groups is 1. The highest BCUT2D eigenvalue weighted by atomic mass is 32.2. The number of carbonyl (C=O) groups excluding carboxylic acids is 1. The molecule has 0 radical (unpaired) electrons. The monoisotopic (exact) mass is 533 g/mol. The molecule has 36 heavy (non-hydrogen) atoms. The first-order chi connectivity index (χ1) is 17.2. The zero-order chi connectivity index (χ0) is 25.8. The largest absolute Gasteiger partial charge is 0.379 e. The Morgan fingerprint density at radius 3 is 2.08 bits per heavy atom. The van der Waals surface area contributed by atoms with Crippen molar-refractivity contribution >= 4 is 37.3 Å². The summed E-state index contributed by atoms with van der Waals surface area (Å²) in [6.45, 7) is 0.580. The fourth-order valence-corrected chi connectivity index (χ4v) is 6.47. The quantitative estimate of drug-likeness (QED) is 0.477. The van der Waals surface area contributed by atoms with Gasteiger partial charge in [0.05, 0.1) is 28.7 Å². The number of rotatable bonds is 8. The molecule has 12 heteroatoms. The molecule has 3 aromatic carbocycles. The van der Waals surface area contributed by atoms with E-state index in [9.17, 15) is 26.0 Å². The Kier molecular flexibility index (Phi) is 7.69. The van der Waals surface area contributed by atoms with E-state index in [0.29, 0.717) is 13.2 Å². The Morgan fingerprint density at radius 2 is 1.47 bits per heavy atom. The Hall–Kier alpha value is -3.32. The van der Waals surface area contributed by atoms with E-state index in [4.69, 9.17) is 4.74 Å². The number of sulfonamides is 2. The first kappa shape index (κ1) is 25.8. The molecule has 1 N–H and O–H groups in total. The van der Waals surface area contributed by atoms with Gasteiger partial charge in [0.1, 0.15) is 12.4 Å². The lowest BCUT2D eigenvalue weighted by Gasteiger charge is -2.26. The molecule has 4 rings (SSSR count). The maximum absolute atomic E-state index is 13.5. The topological polar surface area (TPSA) is 113 Å². The summed E-state index contributed by atoms with van der Waals surface area (Å²) >= 11 is 0. The summed E-state index contributed by atoms with van der Waals surface area (Å²) in [5, 5.41) is 2.59. The van der Waals surface area contributed by atoms with Crippen LogP contribution in [0.4, 0.5) is 15.8 Å². The van der Waals surface area contributed by atoms with Crippen molar-refractivity contribution < 1.29 is 30.8 Å². The van der Waals surface area contributed by atoms with Crippen LogP contribution in [0.15, 0.2) is 88.7 Å². The van der Waals surface area contributed by atoms with Crippen LogP contribution in [0.25, 0.3) is 0 Å². The molecule has 0 bridgehead atoms. The third-order valence-electron chi connectivity index (χ3n) is 5.48. The van der Waals surface area contributed by atoms with Crippen LogP contribution < -0.4 is 9.62 Å². The summed E-state index contributed by atoms with van der Waals surface area (Å²) in [6.07, 6.45) is 0. The van der Waals surface area contributed by atoms with Gasteiger partial charge in [-0.15, -0.1) is 0 Å². The lowest BCUT2D eigenvalue weighted by Crippen LogP contribution is -2.40. The van der Waals surface area contributed by atoms with Gasteiger partial charge in [0.2, 0.25) is 15.9 Å². The summed E-state index contributed by atoms with van der Waals surface area (Å²) in [5.41, 5.74) is 0.402. The summed E-state index contributed by atoms with van der Waals surface area (Å²) in [5.74, 6) is -1.21. The second-order valence-corrected chi connectivity index (χ2v) is 11.7. The van der Waals surface area contributed by atoms with Gasteiger partial charge in [-0.2, -0.15) is 4.31 Å². The highest BCUT2D eigenvalue weighted by Crippen LogP contribution is 2.24. The van der Waals surface area contributed by atoms with Gasteiger partial charge in [-0.1, -0.05) is 18.2 Å². The molecular weight excluding hydrogens is 509 g/mol. The van der Waals surface area contributed by atoms with Gasteiger partial charge < -0.3 is 10.1 Å². The molecule has 0 saturated carbocycles. The molecule has 1 fully saturated rings. The number of amides is 1. The highest BCUT2D eigenvalue weighted by Gasteiger charge is 2.28. The van der Waals surface area contributed by atoms with E-state index >= 15 is 0 Å². The SMILES string of the molecule is O=C(CN(c1ccc(F)cc1)S(=O)(=O)c1ccccc1)Nc1ccc(S(=O)(=O)N2CCOCC2)cc1. The van der Waals surface area contributed by atoms with Crippen LogP contribution >= 0.6 is 0 Å². The van der Waals surface area contributed by atoms with E-state index in [1.807, 2.05) is 0 Å². The van der Waals surface area contributed by atoms with Crippen molar-refractivity contribution in [1.82, 2.24) is 4.31 Å². The number of morpholine rings is 1. The molecule has 0 spiro atoms. The zero-order valence-corrected chi connectivity index (χ0v) is 20.7. The number of ether oxygens (including phenoxy) is 1. The molecule has 3 aromatic rings. The third kappa shape index (κ3) is 5.73. The molecule has 0 aliphatic carbocycles. The van der Waals surface area contributed by atoms with Crippen LogP contribution in [-0.4, -0.2) is 59.9 Å². The lowest BCUT2D eigenvalue weighted by atomic mass is 10.3. The molecule has 0 aromatic heterocycles. The number of benzene rings is 3. The molecule has 1 aliphatic heterocycles. The maximum atomic E-state index is 13.5. The van der Waals surface area contributed by atoms with E-state index in [1.54, 1.807) is 18.2 Å². The van der Waals surface area contributed by atoms with Crippen LogP contribution in [0.5, 0.6) is 0 Å². The van der Waals surface area contributed by atoms with Gasteiger partial charge in [0.25, 0.3) is 10.0 Å². The zero-order valence-electron chi connectivity index (χ0n) is 19.1. The number of hydrogen-bond donors (Lipinski definition) is 1. The third-order valence-corrected chi connectivity index (χ3v) is 9.18. The molecule has 1 aliphatic rings. The summed E-state index contributed by atoms with van der Waals surface area (Å²) < 4.78 is 73.0. The van der Waals surface area contributed by atoms with Crippen LogP contribution in [-0.2, 0) is 29.6 Å². The van der Waals surface area contributed by atoms with Gasteiger partial charge in [0, 0.05) is 18.8 Å². The van der Waals surface area contributed by atoms with Crippen molar-refractivity contribution in [3.63, 3.8) is 0 Å². The van der Waals surface area contributed by atoms with Crippen LogP contribution in [0.2, 0.25) is 0 Å². The Balaban J connectivity index is 1.53. The van der Waals surface area contributed by atoms with Crippen molar-refractivity contribution in [2.24, 2.45) is 0 Å². The summed E-state index contributed by atoms with van der Waals surface area (Å²) in [4.78, 5) is 12.9. The van der Waals surface area contributed by atoms with Crippen molar-refractivity contribution in [3.05, 3.63) is 84.7 Å². The molecule has 0 unspecified atom stereocenters. The van der Waals surface area contributed by atoms with Crippen LogP contribution in [0.1, 0.15) is 0 Å². The van der Waals surface area contributed by atoms with E-state index in [2.05, 4.69) is 5.32 Å². The fourth-order valence-electron chi connectivity index (χ4n) is 3.62. The predicted octanol–water partition coefficient (Wildman–Crippen LogP) is 2.68. The number of anilines is 2. The molecular formula is C24H24FN3O6S2. The second kappa shape index (κ2) is 10.7. The van der Waals surface area contributed by atoms with Crippen LogP contribution in [0.3, 0.4) is 0 Å². The van der Waals surface area contributed by atoms with E-state index in [0.717, 1.165) is 16.4 Å². The smallest absolute Gasteiger partial charge is 0.264 e. The first-order valence-electron chi connectivity index (χ1n) is 11.0. The van der Waals surface area contributed by atoms with Crippen molar-refractivity contribution in [3.8, 4) is 0 Å². The van der Waals surface area contributed by atoms with Gasteiger partial charge in [-0.05, 0) is 60.7 Å². The molecule has 190 valence electrons. The fraction of sp³-hybridized carbons (Fsp3) is 0.208. The number of nitrogens with zero attached hydrogens (tertiary/aromatic N) is 2. The molecule has 1 heterocycles. The lowest BCUT2D eigenvalue weighted by molar-refractivity contribution is -0.114. The minimum absolute atomic E-state index is 0.0280. The van der Waals surface area contributed by atoms with Gasteiger partial charge in [0.15, 0.2) is 0 Å². The molecule has 1 saturated heterocycles. The minimum atomic E-state index is -4.14.